The van der Waals surface area contributed by atoms with E-state index in [1.54, 1.807) is 30.3 Å². The topological polar surface area (TPSA) is 100 Å². The van der Waals surface area contributed by atoms with Gasteiger partial charge >= 0.3 is 5.97 Å². The maximum atomic E-state index is 12.2. The second-order valence-corrected chi connectivity index (χ2v) is 6.61. The van der Waals surface area contributed by atoms with Crippen LogP contribution in [-0.4, -0.2) is 29.4 Å². The highest BCUT2D eigenvalue weighted by molar-refractivity contribution is 5.98. The number of esters is 1. The third-order valence-electron chi connectivity index (χ3n) is 4.13. The second kappa shape index (κ2) is 7.96. The largest absolute Gasteiger partial charge is 0.451 e. The van der Waals surface area contributed by atoms with Crippen LogP contribution in [0.2, 0.25) is 0 Å². The van der Waals surface area contributed by atoms with Crippen LogP contribution in [0.1, 0.15) is 28.5 Å². The number of hydrogen-bond acceptors (Lipinski definition) is 4. The lowest BCUT2D eigenvalue weighted by atomic mass is 10.1. The normalized spacial score (nSPS) is 10.5. The molecular weight excluding hydrogens is 358 g/mol. The SMILES string of the molecule is CC(=O)Nc1ccc(NC(=O)COC(=O)c2cc3c(C)cc(C)cc3[nH]2)cc1. The number of hydrogen-bond donors (Lipinski definition) is 3. The lowest BCUT2D eigenvalue weighted by Crippen LogP contribution is -2.21. The molecule has 1 aromatic heterocycles. The molecule has 0 saturated heterocycles. The van der Waals surface area contributed by atoms with E-state index >= 15 is 0 Å². The van der Waals surface area contributed by atoms with Gasteiger partial charge in [-0.25, -0.2) is 4.79 Å². The molecule has 1 heterocycles. The molecule has 0 aliphatic heterocycles. The summed E-state index contributed by atoms with van der Waals surface area (Å²) in [4.78, 5) is 38.3. The summed E-state index contributed by atoms with van der Waals surface area (Å²) in [6.07, 6.45) is 0. The molecule has 7 nitrogen and oxygen atoms in total. The van der Waals surface area contributed by atoms with Crippen LogP contribution >= 0.6 is 0 Å². The van der Waals surface area contributed by atoms with Crippen LogP contribution in [0.5, 0.6) is 0 Å². The van der Waals surface area contributed by atoms with Gasteiger partial charge in [0, 0.05) is 29.2 Å². The Morgan fingerprint density at radius 3 is 2.25 bits per heavy atom. The molecule has 144 valence electrons. The first-order chi connectivity index (χ1) is 13.3. The zero-order chi connectivity index (χ0) is 20.3. The van der Waals surface area contributed by atoms with Crippen LogP contribution in [0.15, 0.2) is 42.5 Å². The average molecular weight is 379 g/mol. The molecule has 2 amide bonds. The number of aryl methyl sites for hydroxylation is 2. The molecule has 3 aromatic rings. The van der Waals surface area contributed by atoms with Gasteiger partial charge in [-0.1, -0.05) is 6.07 Å². The molecule has 0 aliphatic rings. The molecule has 0 fully saturated rings. The van der Waals surface area contributed by atoms with Gasteiger partial charge in [0.25, 0.3) is 5.91 Å². The first-order valence-electron chi connectivity index (χ1n) is 8.76. The number of benzene rings is 2. The van der Waals surface area contributed by atoms with Gasteiger partial charge in [0.2, 0.25) is 5.91 Å². The number of aromatic nitrogens is 1. The van der Waals surface area contributed by atoms with Gasteiger partial charge in [0.05, 0.1) is 0 Å². The summed E-state index contributed by atoms with van der Waals surface area (Å²) in [7, 11) is 0. The first kappa shape index (κ1) is 19.2. The number of H-pyrrole nitrogens is 1. The third kappa shape index (κ3) is 4.56. The minimum Gasteiger partial charge on any atom is -0.451 e. The molecule has 2 aromatic carbocycles. The first-order valence-corrected chi connectivity index (χ1v) is 8.76. The van der Waals surface area contributed by atoms with Gasteiger partial charge in [0.15, 0.2) is 6.61 Å². The summed E-state index contributed by atoms with van der Waals surface area (Å²) < 4.78 is 5.10. The molecule has 0 saturated carbocycles. The number of fused-ring (bicyclic) bond motifs is 1. The zero-order valence-corrected chi connectivity index (χ0v) is 15.9. The average Bonchev–Trinajstić information content (AvgIpc) is 3.05. The van der Waals surface area contributed by atoms with Crippen LogP contribution in [0.4, 0.5) is 11.4 Å². The van der Waals surface area contributed by atoms with Crippen LogP contribution in [0.3, 0.4) is 0 Å². The number of carbonyl (C=O) groups is 3. The molecule has 0 radical (unpaired) electrons. The Bertz CT molecular complexity index is 1050. The molecule has 0 atom stereocenters. The Labute approximate surface area is 162 Å². The summed E-state index contributed by atoms with van der Waals surface area (Å²) in [5.41, 5.74) is 4.47. The third-order valence-corrected chi connectivity index (χ3v) is 4.13. The highest BCUT2D eigenvalue weighted by Gasteiger charge is 2.14. The highest BCUT2D eigenvalue weighted by Crippen LogP contribution is 2.22. The van der Waals surface area contributed by atoms with Gasteiger partial charge in [-0.15, -0.1) is 0 Å². The molecule has 3 N–H and O–H groups in total. The predicted molar refractivity (Wildman–Crippen MR) is 107 cm³/mol. The fourth-order valence-corrected chi connectivity index (χ4v) is 2.96. The second-order valence-electron chi connectivity index (χ2n) is 6.61. The van der Waals surface area contributed by atoms with Gasteiger partial charge in [-0.3, -0.25) is 9.59 Å². The number of aromatic amines is 1. The number of carbonyl (C=O) groups excluding carboxylic acids is 3. The Morgan fingerprint density at radius 2 is 1.61 bits per heavy atom. The number of ether oxygens (including phenoxy) is 1. The van der Waals surface area contributed by atoms with Crippen molar-refractivity contribution in [2.24, 2.45) is 0 Å². The van der Waals surface area contributed by atoms with Crippen molar-refractivity contribution >= 4 is 40.1 Å². The van der Waals surface area contributed by atoms with Crippen molar-refractivity contribution in [1.82, 2.24) is 4.98 Å². The van der Waals surface area contributed by atoms with E-state index < -0.39 is 18.5 Å². The van der Waals surface area contributed by atoms with Gasteiger partial charge in [0.1, 0.15) is 5.69 Å². The van der Waals surface area contributed by atoms with Crippen LogP contribution in [0.25, 0.3) is 10.9 Å². The summed E-state index contributed by atoms with van der Waals surface area (Å²) in [6, 6.07) is 12.3. The molecule has 7 heteroatoms. The van der Waals surface area contributed by atoms with E-state index in [-0.39, 0.29) is 5.91 Å². The van der Waals surface area contributed by atoms with E-state index in [0.717, 1.165) is 22.0 Å². The van der Waals surface area contributed by atoms with Crippen molar-refractivity contribution in [1.29, 1.82) is 0 Å². The van der Waals surface area contributed by atoms with Crippen LogP contribution < -0.4 is 10.6 Å². The minimum atomic E-state index is -0.593. The van der Waals surface area contributed by atoms with E-state index in [4.69, 9.17) is 4.74 Å². The molecule has 0 unspecified atom stereocenters. The molecule has 0 spiro atoms. The standard InChI is InChI=1S/C21H21N3O4/c1-12-8-13(2)17-10-19(24-18(17)9-12)21(27)28-11-20(26)23-16-6-4-15(5-7-16)22-14(3)25/h4-10,24H,11H2,1-3H3,(H,22,25)(H,23,26). The quantitative estimate of drug-likeness (QED) is 0.590. The Morgan fingerprint density at radius 1 is 0.964 bits per heavy atom. The Balaban J connectivity index is 1.57. The predicted octanol–water partition coefficient (Wildman–Crippen LogP) is 3.54. The van der Waals surface area contributed by atoms with Crippen LogP contribution in [0, 0.1) is 13.8 Å². The number of rotatable bonds is 5. The van der Waals surface area contributed by atoms with E-state index in [2.05, 4.69) is 15.6 Å². The van der Waals surface area contributed by atoms with Gasteiger partial charge in [-0.2, -0.15) is 0 Å². The maximum absolute atomic E-state index is 12.2. The fourth-order valence-electron chi connectivity index (χ4n) is 2.96. The van der Waals surface area contributed by atoms with Crippen LogP contribution in [-0.2, 0) is 14.3 Å². The number of amides is 2. The summed E-state index contributed by atoms with van der Waals surface area (Å²) in [5, 5.41) is 6.22. The van der Waals surface area contributed by atoms with Crippen molar-refractivity contribution in [2.45, 2.75) is 20.8 Å². The van der Waals surface area contributed by atoms with E-state index in [0.29, 0.717) is 17.1 Å². The van der Waals surface area contributed by atoms with Gasteiger partial charge < -0.3 is 20.4 Å². The van der Waals surface area contributed by atoms with Gasteiger partial charge in [-0.05, 0) is 61.4 Å². The lowest BCUT2D eigenvalue weighted by Gasteiger charge is -2.07. The summed E-state index contributed by atoms with van der Waals surface area (Å²) >= 11 is 0. The Kier molecular flexibility index (Phi) is 5.44. The van der Waals surface area contributed by atoms with E-state index in [1.807, 2.05) is 26.0 Å². The lowest BCUT2D eigenvalue weighted by molar-refractivity contribution is -0.119. The molecular formula is C21H21N3O4. The number of nitrogens with one attached hydrogen (secondary N) is 3. The Hall–Kier alpha value is -3.61. The van der Waals surface area contributed by atoms with Crippen molar-refractivity contribution in [2.75, 3.05) is 17.2 Å². The van der Waals surface area contributed by atoms with Crippen molar-refractivity contribution in [3.05, 3.63) is 59.3 Å². The van der Waals surface area contributed by atoms with E-state index in [1.165, 1.54) is 6.92 Å². The summed E-state index contributed by atoms with van der Waals surface area (Å²) in [5.74, 6) is -1.22. The fraction of sp³-hybridized carbons (Fsp3) is 0.190. The monoisotopic (exact) mass is 379 g/mol. The molecule has 3 rings (SSSR count). The number of anilines is 2. The highest BCUT2D eigenvalue weighted by atomic mass is 16.5. The summed E-state index contributed by atoms with van der Waals surface area (Å²) in [6.45, 7) is 4.97. The van der Waals surface area contributed by atoms with Crippen molar-refractivity contribution < 1.29 is 19.1 Å². The smallest absolute Gasteiger partial charge is 0.355 e. The molecule has 0 aliphatic carbocycles. The van der Waals surface area contributed by atoms with Crippen molar-refractivity contribution in [3.8, 4) is 0 Å². The van der Waals surface area contributed by atoms with Crippen molar-refractivity contribution in [3.63, 3.8) is 0 Å². The molecule has 28 heavy (non-hydrogen) atoms. The minimum absolute atomic E-state index is 0.175. The zero-order valence-electron chi connectivity index (χ0n) is 15.9. The molecule has 0 bridgehead atoms. The van der Waals surface area contributed by atoms with E-state index in [9.17, 15) is 14.4 Å². The maximum Gasteiger partial charge on any atom is 0.355 e.